The molecule has 9 N–H and O–H groups in total. The number of hydrogen-bond acceptors (Lipinski definition) is 11. The lowest BCUT2D eigenvalue weighted by Crippen LogP contribution is -2.63. The van der Waals surface area contributed by atoms with E-state index in [1.165, 1.54) is 6.92 Å². The van der Waals surface area contributed by atoms with Crippen molar-refractivity contribution < 1.29 is 44.8 Å². The third-order valence-corrected chi connectivity index (χ3v) is 6.80. The number of benzene rings is 1. The van der Waals surface area contributed by atoms with Crippen molar-refractivity contribution in [3.63, 3.8) is 0 Å². The number of fused-ring (bicyclic) bond motifs is 3. The molecule has 0 spiro atoms. The second-order valence-electron chi connectivity index (χ2n) is 8.36. The summed E-state index contributed by atoms with van der Waals surface area (Å²) in [6.07, 6.45) is -2.43. The Morgan fingerprint density at radius 1 is 1.27 bits per heavy atom. The summed E-state index contributed by atoms with van der Waals surface area (Å²) in [5, 5.41) is 65.5. The summed E-state index contributed by atoms with van der Waals surface area (Å²) < 4.78 is 0. The van der Waals surface area contributed by atoms with Crippen molar-refractivity contribution in [2.75, 3.05) is 5.73 Å². The maximum Gasteiger partial charge on any atom is 0.313 e. The number of nitro groups is 1. The molecule has 3 aliphatic carbocycles. The van der Waals surface area contributed by atoms with E-state index in [-0.39, 0.29) is 11.3 Å². The minimum Gasteiger partial charge on any atom is -0.508 e. The molecule has 5 atom stereocenters. The zero-order chi connectivity index (χ0) is 24.7. The predicted molar refractivity (Wildman–Crippen MR) is 109 cm³/mol. The molecule has 0 unspecified atom stereocenters. The number of rotatable bonds is 2. The first kappa shape index (κ1) is 22.2. The molecule has 0 aromatic heterocycles. The van der Waals surface area contributed by atoms with Gasteiger partial charge >= 0.3 is 5.69 Å². The second-order valence-corrected chi connectivity index (χ2v) is 8.36. The van der Waals surface area contributed by atoms with Crippen molar-refractivity contribution in [3.05, 3.63) is 44.2 Å². The van der Waals surface area contributed by atoms with E-state index < -0.39 is 97.9 Å². The van der Waals surface area contributed by atoms with Gasteiger partial charge in [-0.05, 0) is 11.5 Å². The molecule has 1 fully saturated rings. The van der Waals surface area contributed by atoms with E-state index in [2.05, 4.69) is 0 Å². The molecular weight excluding hydrogens is 442 g/mol. The van der Waals surface area contributed by atoms with Crippen molar-refractivity contribution in [3.8, 4) is 5.75 Å². The average molecular weight is 461 g/mol. The fraction of sp³-hybridized carbons (Fsp3) is 0.350. The zero-order valence-electron chi connectivity index (χ0n) is 17.0. The third kappa shape index (κ3) is 2.57. The molecule has 0 heterocycles. The minimum atomic E-state index is -2.99. The van der Waals surface area contributed by atoms with E-state index in [9.17, 15) is 50.0 Å². The first-order valence-electron chi connectivity index (χ1n) is 9.71. The summed E-state index contributed by atoms with van der Waals surface area (Å²) in [6, 6.07) is 0.869. The Labute approximate surface area is 184 Å². The number of primary amides is 1. The van der Waals surface area contributed by atoms with E-state index >= 15 is 0 Å². The topological polar surface area (TPSA) is 248 Å². The molecule has 0 radical (unpaired) electrons. The number of aromatic hydroxyl groups is 1. The van der Waals surface area contributed by atoms with Crippen LogP contribution in [0.3, 0.4) is 0 Å². The Kier molecular flexibility index (Phi) is 4.56. The maximum atomic E-state index is 13.4. The van der Waals surface area contributed by atoms with E-state index in [0.29, 0.717) is 0 Å². The monoisotopic (exact) mass is 461 g/mol. The molecule has 3 aliphatic rings. The van der Waals surface area contributed by atoms with E-state index in [1.807, 2.05) is 0 Å². The van der Waals surface area contributed by atoms with Crippen LogP contribution in [-0.4, -0.2) is 59.6 Å². The van der Waals surface area contributed by atoms with Gasteiger partial charge in [0.05, 0.1) is 16.6 Å². The number of carbonyl (C=O) groups is 3. The summed E-state index contributed by atoms with van der Waals surface area (Å²) in [4.78, 5) is 47.8. The summed E-state index contributed by atoms with van der Waals surface area (Å²) in [6.45, 7) is 1.47. The van der Waals surface area contributed by atoms with Crippen LogP contribution in [0.2, 0.25) is 0 Å². The molecule has 1 aromatic carbocycles. The van der Waals surface area contributed by atoms with E-state index in [4.69, 9.17) is 11.5 Å². The molecule has 0 bridgehead atoms. The SMILES string of the molecule is C[C@@H]1c2c(N)cc([N+](=O)[O-])c(O)c2C(O)=C2C(=O)[C@]3(O)C(O)=C(C(N)=O)C(=O)C[C@@H]3[C@@H](O)[C@@H]21. The largest absolute Gasteiger partial charge is 0.508 e. The number of aliphatic hydroxyl groups is 4. The van der Waals surface area contributed by atoms with Gasteiger partial charge in [-0.1, -0.05) is 6.92 Å². The number of phenolic OH excluding ortho intramolecular Hbond substituents is 1. The van der Waals surface area contributed by atoms with Crippen LogP contribution in [0.25, 0.3) is 5.76 Å². The summed E-state index contributed by atoms with van der Waals surface area (Å²) in [5.74, 6) is -10.9. The third-order valence-electron chi connectivity index (χ3n) is 6.80. The molecule has 0 saturated heterocycles. The van der Waals surface area contributed by atoms with Crippen LogP contribution in [0, 0.1) is 22.0 Å². The number of nitro benzene ring substituents is 1. The molecule has 0 aliphatic heterocycles. The van der Waals surface area contributed by atoms with E-state index in [1.54, 1.807) is 0 Å². The number of nitrogens with zero attached hydrogens (tertiary/aromatic N) is 1. The van der Waals surface area contributed by atoms with Crippen molar-refractivity contribution in [2.45, 2.75) is 31.0 Å². The van der Waals surface area contributed by atoms with Gasteiger partial charge in [-0.2, -0.15) is 0 Å². The molecule has 1 saturated carbocycles. The maximum absolute atomic E-state index is 13.4. The normalized spacial score (nSPS) is 31.1. The number of amides is 1. The number of nitrogen functional groups attached to an aromatic ring is 1. The van der Waals surface area contributed by atoms with Gasteiger partial charge in [0.2, 0.25) is 11.5 Å². The standard InChI is InChI=1S/C20H19N3O10/c1-4-9-6(21)3-7(23(32)33)15(26)12(9)16(27)13-10(4)14(25)5-2-8(24)11(19(22)30)17(28)20(5,31)18(13)29/h3-5,10,14,25-28,31H,2,21H2,1H3,(H2,22,30)/t4-,5-,10-,14-,20-/m1/s1. The molecular formula is C20H19N3O10. The predicted octanol–water partition coefficient (Wildman–Crippen LogP) is -0.554. The smallest absolute Gasteiger partial charge is 0.313 e. The number of phenols is 1. The Balaban J connectivity index is 2.06. The lowest BCUT2D eigenvalue weighted by Gasteiger charge is -2.50. The number of aliphatic hydroxyl groups excluding tert-OH is 3. The lowest BCUT2D eigenvalue weighted by atomic mass is 9.55. The Hall–Kier alpha value is -3.97. The van der Waals surface area contributed by atoms with Gasteiger partial charge < -0.3 is 37.0 Å². The second kappa shape index (κ2) is 6.76. The van der Waals surface area contributed by atoms with Crippen molar-refractivity contribution in [1.29, 1.82) is 0 Å². The van der Waals surface area contributed by atoms with Crippen LogP contribution in [0.4, 0.5) is 11.4 Å². The quantitative estimate of drug-likeness (QED) is 0.0967. The summed E-state index contributed by atoms with van der Waals surface area (Å²) in [7, 11) is 0. The van der Waals surface area contributed by atoms with Crippen molar-refractivity contribution >= 4 is 34.6 Å². The van der Waals surface area contributed by atoms with E-state index in [0.717, 1.165) is 6.07 Å². The Morgan fingerprint density at radius 2 is 1.88 bits per heavy atom. The highest BCUT2D eigenvalue weighted by Crippen LogP contribution is 2.57. The van der Waals surface area contributed by atoms with Gasteiger partial charge in [0.25, 0.3) is 5.91 Å². The van der Waals surface area contributed by atoms with Gasteiger partial charge in [-0.15, -0.1) is 0 Å². The number of nitrogens with two attached hydrogens (primary N) is 2. The first-order valence-corrected chi connectivity index (χ1v) is 9.71. The van der Waals surface area contributed by atoms with Crippen LogP contribution in [-0.2, 0) is 14.4 Å². The van der Waals surface area contributed by atoms with Crippen molar-refractivity contribution in [1.82, 2.24) is 0 Å². The number of ketones is 2. The fourth-order valence-electron chi connectivity index (χ4n) is 5.31. The van der Waals surface area contributed by atoms with Crippen LogP contribution in [0.1, 0.15) is 30.4 Å². The molecule has 13 nitrogen and oxygen atoms in total. The molecule has 174 valence electrons. The zero-order valence-corrected chi connectivity index (χ0v) is 17.0. The molecule has 1 aromatic rings. The van der Waals surface area contributed by atoms with Crippen LogP contribution in [0.5, 0.6) is 5.75 Å². The van der Waals surface area contributed by atoms with Gasteiger partial charge in [0, 0.05) is 35.6 Å². The summed E-state index contributed by atoms with van der Waals surface area (Å²) >= 11 is 0. The summed E-state index contributed by atoms with van der Waals surface area (Å²) in [5.41, 5.74) is 4.81. The van der Waals surface area contributed by atoms with Crippen molar-refractivity contribution in [2.24, 2.45) is 17.6 Å². The number of Topliss-reactive ketones (excluding diaryl/α,β-unsaturated/α-hetero) is 2. The molecule has 1 amide bonds. The van der Waals surface area contributed by atoms with Gasteiger partial charge in [-0.3, -0.25) is 24.5 Å². The average Bonchev–Trinajstić information content (AvgIpc) is 2.72. The van der Waals surface area contributed by atoms with Crippen LogP contribution < -0.4 is 11.5 Å². The highest BCUT2D eigenvalue weighted by atomic mass is 16.6. The Morgan fingerprint density at radius 3 is 2.42 bits per heavy atom. The van der Waals surface area contributed by atoms with Gasteiger partial charge in [0.1, 0.15) is 17.1 Å². The first-order chi connectivity index (χ1) is 15.3. The number of anilines is 1. The number of hydrogen-bond donors (Lipinski definition) is 7. The number of carbonyl (C=O) groups excluding carboxylic acids is 3. The Bertz CT molecular complexity index is 1250. The lowest BCUT2D eigenvalue weighted by molar-refractivity contribution is -0.385. The highest BCUT2D eigenvalue weighted by Gasteiger charge is 2.65. The molecule has 33 heavy (non-hydrogen) atoms. The fourth-order valence-corrected chi connectivity index (χ4v) is 5.31. The minimum absolute atomic E-state index is 0.0152. The van der Waals surface area contributed by atoms with Gasteiger partial charge in [0.15, 0.2) is 11.4 Å². The van der Waals surface area contributed by atoms with Crippen LogP contribution in [0.15, 0.2) is 23.0 Å². The highest BCUT2D eigenvalue weighted by molar-refractivity contribution is 6.23. The molecule has 4 rings (SSSR count). The van der Waals surface area contributed by atoms with Gasteiger partial charge in [-0.25, -0.2) is 0 Å². The van der Waals surface area contributed by atoms with Crippen LogP contribution >= 0.6 is 0 Å². The molecule has 13 heteroatoms.